The first-order chi connectivity index (χ1) is 19.7. The molecule has 40 heavy (non-hydrogen) atoms. The summed E-state index contributed by atoms with van der Waals surface area (Å²) in [5.41, 5.74) is 10.4. The Bertz CT molecular complexity index is 1940. The number of hydrogen-bond donors (Lipinski definition) is 0. The molecule has 0 saturated carbocycles. The Balaban J connectivity index is 1.44. The minimum atomic E-state index is 0.717. The fraction of sp³-hybridized carbons (Fsp3) is 0.0571. The lowest BCUT2D eigenvalue weighted by atomic mass is 9.86. The molecule has 7 rings (SSSR count). The number of rotatable bonds is 5. The fourth-order valence-electron chi connectivity index (χ4n) is 5.55. The first-order valence-electron chi connectivity index (χ1n) is 13.2. The Hall–Kier alpha value is -4.38. The van der Waals surface area contributed by atoms with Crippen LogP contribution in [-0.4, -0.2) is 15.7 Å². The van der Waals surface area contributed by atoms with E-state index in [1.165, 1.54) is 16.7 Å². The standard InChI is InChI=1S/C35H24ClN3S/c1-2-37-32(30-27-17-8-9-18-29(27)40-34(30)36)25-15-10-14-24(21-25)31-28-20-19-22-11-6-7-16-26(22)33(28)39-35(38-31)23-12-4-3-5-13-23/h2-18,21H,1,19-20H2. The van der Waals surface area contributed by atoms with Crippen LogP contribution in [-0.2, 0) is 12.8 Å². The third kappa shape index (κ3) is 4.26. The van der Waals surface area contributed by atoms with Crippen molar-refractivity contribution in [3.8, 4) is 33.9 Å². The Kier molecular flexibility index (Phi) is 6.35. The van der Waals surface area contributed by atoms with Crippen molar-refractivity contribution in [2.24, 2.45) is 4.99 Å². The van der Waals surface area contributed by atoms with Crippen LogP contribution in [0.25, 0.3) is 44.0 Å². The molecule has 2 aromatic heterocycles. The third-order valence-electron chi connectivity index (χ3n) is 7.38. The number of benzene rings is 4. The number of nitrogens with zero attached hydrogens (tertiary/aromatic N) is 3. The van der Waals surface area contributed by atoms with Gasteiger partial charge in [-0.15, -0.1) is 11.3 Å². The molecule has 1 aliphatic rings. The number of aliphatic imine (C=N–C) groups is 1. The predicted molar refractivity (Wildman–Crippen MR) is 168 cm³/mol. The van der Waals surface area contributed by atoms with Crippen LogP contribution in [0.1, 0.15) is 22.3 Å². The molecule has 0 amide bonds. The SMILES string of the molecule is C=CN=C(c1cccc(-c2nc(-c3ccccc3)nc3c2CCc2ccccc2-3)c1)c1c(Cl)sc2ccccc12. The molecule has 0 aliphatic heterocycles. The van der Waals surface area contributed by atoms with E-state index in [-0.39, 0.29) is 0 Å². The quantitative estimate of drug-likeness (QED) is 0.199. The molecule has 3 nitrogen and oxygen atoms in total. The van der Waals surface area contributed by atoms with Crippen LogP contribution in [0.2, 0.25) is 4.34 Å². The van der Waals surface area contributed by atoms with Crippen molar-refractivity contribution < 1.29 is 0 Å². The van der Waals surface area contributed by atoms with Gasteiger partial charge in [0.05, 0.1) is 17.1 Å². The van der Waals surface area contributed by atoms with Crippen LogP contribution in [0.3, 0.4) is 0 Å². The van der Waals surface area contributed by atoms with E-state index in [0.717, 1.165) is 72.4 Å². The van der Waals surface area contributed by atoms with E-state index in [2.05, 4.69) is 79.4 Å². The van der Waals surface area contributed by atoms with Crippen LogP contribution >= 0.6 is 22.9 Å². The Morgan fingerprint density at radius 2 is 1.55 bits per heavy atom. The fourth-order valence-corrected chi connectivity index (χ4v) is 6.92. The molecule has 0 saturated heterocycles. The van der Waals surface area contributed by atoms with Crippen LogP contribution in [0.15, 0.2) is 121 Å². The van der Waals surface area contributed by atoms with E-state index in [0.29, 0.717) is 0 Å². The molecule has 0 fully saturated rings. The average molecular weight is 554 g/mol. The van der Waals surface area contributed by atoms with Crippen LogP contribution in [0.4, 0.5) is 0 Å². The van der Waals surface area contributed by atoms with E-state index in [4.69, 9.17) is 26.6 Å². The summed E-state index contributed by atoms with van der Waals surface area (Å²) in [5.74, 6) is 0.725. The van der Waals surface area contributed by atoms with Gasteiger partial charge in [-0.05, 0) is 30.5 Å². The molecule has 2 heterocycles. The minimum absolute atomic E-state index is 0.717. The molecule has 0 spiro atoms. The van der Waals surface area contributed by atoms with Crippen molar-refractivity contribution in [3.05, 3.63) is 142 Å². The first kappa shape index (κ1) is 24.6. The lowest BCUT2D eigenvalue weighted by molar-refractivity contribution is 0.916. The van der Waals surface area contributed by atoms with Gasteiger partial charge in [-0.2, -0.15) is 0 Å². The monoisotopic (exact) mass is 553 g/mol. The largest absolute Gasteiger partial charge is 0.256 e. The normalized spacial score (nSPS) is 12.7. The third-order valence-corrected chi connectivity index (χ3v) is 8.75. The van der Waals surface area contributed by atoms with E-state index in [1.807, 2.05) is 30.3 Å². The second-order valence-electron chi connectivity index (χ2n) is 9.73. The molecule has 5 heteroatoms. The van der Waals surface area contributed by atoms with E-state index >= 15 is 0 Å². The zero-order valence-electron chi connectivity index (χ0n) is 21.6. The van der Waals surface area contributed by atoms with Crippen molar-refractivity contribution in [2.75, 3.05) is 0 Å². The number of hydrogen-bond acceptors (Lipinski definition) is 4. The van der Waals surface area contributed by atoms with Gasteiger partial charge in [-0.3, -0.25) is 4.99 Å². The molecule has 0 unspecified atom stereocenters. The Morgan fingerprint density at radius 3 is 2.42 bits per heavy atom. The summed E-state index contributed by atoms with van der Waals surface area (Å²) in [6.07, 6.45) is 3.43. The summed E-state index contributed by atoms with van der Waals surface area (Å²) in [7, 11) is 0. The Labute approximate surface area is 242 Å². The molecule has 192 valence electrons. The molecule has 1 aliphatic carbocycles. The summed E-state index contributed by atoms with van der Waals surface area (Å²) in [4.78, 5) is 15.0. The van der Waals surface area contributed by atoms with Crippen molar-refractivity contribution in [1.82, 2.24) is 9.97 Å². The maximum Gasteiger partial charge on any atom is 0.160 e. The molecule has 0 N–H and O–H groups in total. The lowest BCUT2D eigenvalue weighted by Gasteiger charge is -2.22. The number of thiophene rings is 1. The van der Waals surface area contributed by atoms with Crippen molar-refractivity contribution in [1.29, 1.82) is 0 Å². The summed E-state index contributed by atoms with van der Waals surface area (Å²) in [6, 6.07) is 35.5. The highest BCUT2D eigenvalue weighted by Crippen LogP contribution is 2.40. The van der Waals surface area contributed by atoms with Gasteiger partial charge in [0.2, 0.25) is 0 Å². The minimum Gasteiger partial charge on any atom is -0.256 e. The maximum atomic E-state index is 6.82. The molecule has 0 atom stereocenters. The second kappa shape index (κ2) is 10.3. The van der Waals surface area contributed by atoms with Crippen molar-refractivity contribution in [2.45, 2.75) is 12.8 Å². The predicted octanol–water partition coefficient (Wildman–Crippen LogP) is 9.43. The summed E-state index contributed by atoms with van der Waals surface area (Å²) < 4.78 is 1.85. The van der Waals surface area contributed by atoms with Gasteiger partial charge >= 0.3 is 0 Å². The van der Waals surface area contributed by atoms with E-state index in [9.17, 15) is 0 Å². The summed E-state index contributed by atoms with van der Waals surface area (Å²) >= 11 is 8.39. The zero-order chi connectivity index (χ0) is 27.1. The summed E-state index contributed by atoms with van der Waals surface area (Å²) in [6.45, 7) is 3.90. The molecule has 6 aromatic rings. The molecular weight excluding hydrogens is 530 g/mol. The van der Waals surface area contributed by atoms with Gasteiger partial charge in [0.15, 0.2) is 5.82 Å². The molecule has 4 aromatic carbocycles. The van der Waals surface area contributed by atoms with Crippen LogP contribution < -0.4 is 0 Å². The van der Waals surface area contributed by atoms with Gasteiger partial charge in [-0.1, -0.05) is 109 Å². The Morgan fingerprint density at radius 1 is 0.800 bits per heavy atom. The summed E-state index contributed by atoms with van der Waals surface area (Å²) in [5, 5.41) is 1.09. The number of fused-ring (bicyclic) bond motifs is 4. The van der Waals surface area contributed by atoms with Crippen molar-refractivity contribution >= 4 is 38.7 Å². The van der Waals surface area contributed by atoms with Gasteiger partial charge < -0.3 is 0 Å². The molecule has 0 radical (unpaired) electrons. The van der Waals surface area contributed by atoms with Gasteiger partial charge in [0.1, 0.15) is 4.34 Å². The maximum absolute atomic E-state index is 6.82. The zero-order valence-corrected chi connectivity index (χ0v) is 23.2. The first-order valence-corrected chi connectivity index (χ1v) is 14.4. The van der Waals surface area contributed by atoms with Gasteiger partial charge in [-0.25, -0.2) is 9.97 Å². The highest BCUT2D eigenvalue weighted by atomic mass is 35.5. The average Bonchev–Trinajstić information content (AvgIpc) is 3.35. The van der Waals surface area contributed by atoms with Crippen LogP contribution in [0, 0.1) is 0 Å². The molecular formula is C35H24ClN3S. The smallest absolute Gasteiger partial charge is 0.160 e. The van der Waals surface area contributed by atoms with Crippen molar-refractivity contribution in [3.63, 3.8) is 0 Å². The van der Waals surface area contributed by atoms with Gasteiger partial charge in [0, 0.05) is 49.7 Å². The lowest BCUT2D eigenvalue weighted by Crippen LogP contribution is -2.10. The highest BCUT2D eigenvalue weighted by Gasteiger charge is 2.24. The molecule has 0 bridgehead atoms. The van der Waals surface area contributed by atoms with Crippen LogP contribution in [0.5, 0.6) is 0 Å². The number of halogens is 1. The highest BCUT2D eigenvalue weighted by molar-refractivity contribution is 7.23. The number of aromatic nitrogens is 2. The van der Waals surface area contributed by atoms with E-state index < -0.39 is 0 Å². The number of aryl methyl sites for hydroxylation is 1. The second-order valence-corrected chi connectivity index (χ2v) is 11.4. The van der Waals surface area contributed by atoms with E-state index in [1.54, 1.807) is 17.5 Å². The topological polar surface area (TPSA) is 38.1 Å². The van der Waals surface area contributed by atoms with Gasteiger partial charge in [0.25, 0.3) is 0 Å².